The largest absolute Gasteiger partial charge is 0.261 e. The summed E-state index contributed by atoms with van der Waals surface area (Å²) in [6.45, 7) is 2.41. The molecule has 3 heterocycles. The van der Waals surface area contributed by atoms with Crippen molar-refractivity contribution in [1.82, 2.24) is 14.3 Å². The van der Waals surface area contributed by atoms with E-state index in [2.05, 4.69) is 9.97 Å². The third-order valence-corrected chi connectivity index (χ3v) is 6.66. The average Bonchev–Trinajstić information content (AvgIpc) is 3.11. The van der Waals surface area contributed by atoms with Crippen LogP contribution in [0.2, 0.25) is 0 Å². The fourth-order valence-corrected chi connectivity index (χ4v) is 5.28. The summed E-state index contributed by atoms with van der Waals surface area (Å²) in [5.74, 6) is 0. The number of aromatic nitrogens is 2. The number of sulfonamides is 1. The standard InChI is InChI=1S/C13H15N3O2S2/c1-10-8-14-9-11(15-10)12-4-2-6-16(12)20(17,18)13-5-3-7-19-13/h3,5,7-9,12H,2,4,6H2,1H3/t12-/m0/s1. The first-order valence-corrected chi connectivity index (χ1v) is 8.75. The van der Waals surface area contributed by atoms with E-state index in [1.807, 2.05) is 6.92 Å². The summed E-state index contributed by atoms with van der Waals surface area (Å²) in [5, 5.41) is 1.78. The molecule has 0 N–H and O–H groups in total. The second kappa shape index (κ2) is 5.23. The third kappa shape index (κ3) is 2.36. The molecule has 0 bridgehead atoms. The Labute approximate surface area is 122 Å². The monoisotopic (exact) mass is 309 g/mol. The molecule has 0 unspecified atom stereocenters. The normalized spacial score (nSPS) is 20.4. The molecule has 1 fully saturated rings. The fourth-order valence-electron chi connectivity index (χ4n) is 2.49. The van der Waals surface area contributed by atoms with E-state index in [1.54, 1.807) is 34.2 Å². The Morgan fingerprint density at radius 1 is 1.40 bits per heavy atom. The molecule has 1 aliphatic heterocycles. The van der Waals surface area contributed by atoms with Crippen LogP contribution in [-0.4, -0.2) is 29.2 Å². The third-order valence-electron chi connectivity index (χ3n) is 3.38. The first kappa shape index (κ1) is 13.7. The van der Waals surface area contributed by atoms with Crippen LogP contribution in [0, 0.1) is 6.92 Å². The average molecular weight is 309 g/mol. The van der Waals surface area contributed by atoms with Crippen molar-refractivity contribution >= 4 is 21.4 Å². The summed E-state index contributed by atoms with van der Waals surface area (Å²) in [4.78, 5) is 8.56. The van der Waals surface area contributed by atoms with Gasteiger partial charge in [0, 0.05) is 12.7 Å². The van der Waals surface area contributed by atoms with E-state index in [9.17, 15) is 8.42 Å². The number of hydrogen-bond donors (Lipinski definition) is 0. The van der Waals surface area contributed by atoms with Gasteiger partial charge in [0.15, 0.2) is 0 Å². The highest BCUT2D eigenvalue weighted by atomic mass is 32.2. The molecule has 2 aromatic rings. The van der Waals surface area contributed by atoms with Gasteiger partial charge in [-0.15, -0.1) is 11.3 Å². The lowest BCUT2D eigenvalue weighted by Gasteiger charge is -2.22. The number of aryl methyl sites for hydroxylation is 1. The minimum absolute atomic E-state index is 0.200. The lowest BCUT2D eigenvalue weighted by molar-refractivity contribution is 0.390. The predicted octanol–water partition coefficient (Wildman–Crippen LogP) is 2.37. The fraction of sp³-hybridized carbons (Fsp3) is 0.385. The predicted molar refractivity (Wildman–Crippen MR) is 77.0 cm³/mol. The van der Waals surface area contributed by atoms with Gasteiger partial charge >= 0.3 is 0 Å². The Bertz CT molecular complexity index is 698. The van der Waals surface area contributed by atoms with Crippen LogP contribution >= 0.6 is 11.3 Å². The Morgan fingerprint density at radius 3 is 2.95 bits per heavy atom. The Morgan fingerprint density at radius 2 is 2.25 bits per heavy atom. The summed E-state index contributed by atoms with van der Waals surface area (Å²) in [7, 11) is -3.42. The van der Waals surface area contributed by atoms with Gasteiger partial charge in [0.25, 0.3) is 10.0 Å². The van der Waals surface area contributed by atoms with E-state index in [0.29, 0.717) is 10.8 Å². The van der Waals surface area contributed by atoms with Crippen molar-refractivity contribution in [2.75, 3.05) is 6.54 Å². The van der Waals surface area contributed by atoms with E-state index < -0.39 is 10.0 Å². The molecule has 0 radical (unpaired) electrons. The Balaban J connectivity index is 1.98. The summed E-state index contributed by atoms with van der Waals surface area (Å²) in [5.41, 5.74) is 1.55. The summed E-state index contributed by atoms with van der Waals surface area (Å²) in [6.07, 6.45) is 4.99. The van der Waals surface area contributed by atoms with Crippen molar-refractivity contribution in [2.45, 2.75) is 30.0 Å². The molecule has 3 rings (SSSR count). The highest BCUT2D eigenvalue weighted by Crippen LogP contribution is 2.36. The van der Waals surface area contributed by atoms with Crippen molar-refractivity contribution in [2.24, 2.45) is 0 Å². The smallest absolute Gasteiger partial charge is 0.253 e. The highest BCUT2D eigenvalue weighted by Gasteiger charge is 2.37. The minimum Gasteiger partial charge on any atom is -0.261 e. The molecule has 20 heavy (non-hydrogen) atoms. The van der Waals surface area contributed by atoms with Gasteiger partial charge in [-0.2, -0.15) is 4.31 Å². The Kier molecular flexibility index (Phi) is 3.57. The van der Waals surface area contributed by atoms with Gasteiger partial charge in [0.05, 0.1) is 23.6 Å². The lowest BCUT2D eigenvalue weighted by Crippen LogP contribution is -2.30. The molecule has 7 heteroatoms. The Hall–Kier alpha value is -1.31. The van der Waals surface area contributed by atoms with Crippen molar-refractivity contribution in [3.8, 4) is 0 Å². The van der Waals surface area contributed by atoms with Crippen LogP contribution in [0.25, 0.3) is 0 Å². The van der Waals surface area contributed by atoms with Crippen LogP contribution in [0.3, 0.4) is 0 Å². The molecule has 1 atom stereocenters. The quantitative estimate of drug-likeness (QED) is 0.873. The molecule has 5 nitrogen and oxygen atoms in total. The molecule has 1 saturated heterocycles. The second-order valence-electron chi connectivity index (χ2n) is 4.79. The molecule has 2 aromatic heterocycles. The van der Waals surface area contributed by atoms with Gasteiger partial charge in [-0.05, 0) is 31.2 Å². The van der Waals surface area contributed by atoms with E-state index in [0.717, 1.165) is 24.2 Å². The van der Waals surface area contributed by atoms with Crippen LogP contribution < -0.4 is 0 Å². The van der Waals surface area contributed by atoms with Crippen molar-refractivity contribution in [3.63, 3.8) is 0 Å². The van der Waals surface area contributed by atoms with Gasteiger partial charge in [-0.25, -0.2) is 8.42 Å². The minimum atomic E-state index is -3.42. The van der Waals surface area contributed by atoms with Crippen LogP contribution in [-0.2, 0) is 10.0 Å². The van der Waals surface area contributed by atoms with E-state index in [-0.39, 0.29) is 6.04 Å². The number of hydrogen-bond acceptors (Lipinski definition) is 5. The van der Waals surface area contributed by atoms with Crippen LogP contribution in [0.15, 0.2) is 34.1 Å². The number of rotatable bonds is 3. The first-order valence-electron chi connectivity index (χ1n) is 6.43. The summed E-state index contributed by atoms with van der Waals surface area (Å²) >= 11 is 1.25. The highest BCUT2D eigenvalue weighted by molar-refractivity contribution is 7.91. The molecule has 0 aliphatic carbocycles. The van der Waals surface area contributed by atoms with Crippen LogP contribution in [0.4, 0.5) is 0 Å². The molecule has 0 spiro atoms. The van der Waals surface area contributed by atoms with E-state index in [4.69, 9.17) is 0 Å². The SMILES string of the molecule is Cc1cncc([C@@H]2CCCN2S(=O)(=O)c2cccs2)n1. The van der Waals surface area contributed by atoms with E-state index >= 15 is 0 Å². The lowest BCUT2D eigenvalue weighted by atomic mass is 10.2. The zero-order valence-corrected chi connectivity index (χ0v) is 12.7. The molecule has 1 aliphatic rings. The van der Waals surface area contributed by atoms with Gasteiger partial charge < -0.3 is 0 Å². The van der Waals surface area contributed by atoms with Gasteiger partial charge in [0.2, 0.25) is 0 Å². The summed E-state index contributed by atoms with van der Waals surface area (Å²) < 4.78 is 27.3. The topological polar surface area (TPSA) is 63.2 Å². The van der Waals surface area contributed by atoms with Crippen molar-refractivity contribution in [1.29, 1.82) is 0 Å². The van der Waals surface area contributed by atoms with Crippen LogP contribution in [0.5, 0.6) is 0 Å². The molecular formula is C13H15N3O2S2. The molecular weight excluding hydrogens is 294 g/mol. The molecule has 0 aromatic carbocycles. The molecule has 106 valence electrons. The zero-order valence-electron chi connectivity index (χ0n) is 11.1. The van der Waals surface area contributed by atoms with Crippen molar-refractivity contribution < 1.29 is 8.42 Å². The first-order chi connectivity index (χ1) is 9.59. The van der Waals surface area contributed by atoms with Gasteiger partial charge in [0.1, 0.15) is 4.21 Å². The summed E-state index contributed by atoms with van der Waals surface area (Å²) in [6, 6.07) is 3.21. The second-order valence-corrected chi connectivity index (χ2v) is 7.86. The number of nitrogens with zero attached hydrogens (tertiary/aromatic N) is 3. The van der Waals surface area contributed by atoms with Gasteiger partial charge in [-0.3, -0.25) is 9.97 Å². The van der Waals surface area contributed by atoms with E-state index in [1.165, 1.54) is 11.3 Å². The zero-order chi connectivity index (χ0) is 14.2. The molecule has 0 saturated carbocycles. The maximum absolute atomic E-state index is 12.7. The number of thiophene rings is 1. The van der Waals surface area contributed by atoms with Crippen molar-refractivity contribution in [3.05, 3.63) is 41.3 Å². The van der Waals surface area contributed by atoms with Crippen LogP contribution in [0.1, 0.15) is 30.3 Å². The maximum atomic E-state index is 12.7. The molecule has 0 amide bonds. The van der Waals surface area contributed by atoms with Gasteiger partial charge in [-0.1, -0.05) is 6.07 Å². The maximum Gasteiger partial charge on any atom is 0.253 e.